The van der Waals surface area contributed by atoms with Crippen LogP contribution in [0.1, 0.15) is 45.8 Å². The van der Waals surface area contributed by atoms with Gasteiger partial charge in [-0.3, -0.25) is 9.63 Å². The van der Waals surface area contributed by atoms with Crippen molar-refractivity contribution in [2.45, 2.75) is 38.5 Å². The van der Waals surface area contributed by atoms with Gasteiger partial charge in [0.05, 0.1) is 18.0 Å². The Balaban J connectivity index is 1.81. The molecule has 1 aromatic heterocycles. The van der Waals surface area contributed by atoms with Gasteiger partial charge in [0.25, 0.3) is 5.91 Å². The Bertz CT molecular complexity index is 398. The predicted molar refractivity (Wildman–Crippen MR) is 67.2 cm³/mol. The Kier molecular flexibility index (Phi) is 3.16. The molecule has 0 spiro atoms. The van der Waals surface area contributed by atoms with E-state index in [1.54, 1.807) is 11.3 Å². The molecule has 1 fully saturated rings. The van der Waals surface area contributed by atoms with Gasteiger partial charge < -0.3 is 0 Å². The topological polar surface area (TPSA) is 29.5 Å². The molecule has 2 aliphatic rings. The lowest BCUT2D eigenvalue weighted by Crippen LogP contribution is -2.25. The zero-order valence-electron chi connectivity index (χ0n) is 9.91. The summed E-state index contributed by atoms with van der Waals surface area (Å²) in [6.07, 6.45) is 7.09. The molecule has 3 rings (SSSR count). The molecule has 1 aliphatic heterocycles. The molecule has 92 valence electrons. The average molecular weight is 251 g/mol. The Morgan fingerprint density at radius 3 is 2.94 bits per heavy atom. The molecular formula is C13H17NO2S. The summed E-state index contributed by atoms with van der Waals surface area (Å²) in [4.78, 5) is 19.8. The van der Waals surface area contributed by atoms with Crippen LogP contribution in [0.2, 0.25) is 0 Å². The summed E-state index contributed by atoms with van der Waals surface area (Å²) in [7, 11) is 0. The van der Waals surface area contributed by atoms with Gasteiger partial charge in [-0.25, -0.2) is 5.06 Å². The zero-order chi connectivity index (χ0) is 11.7. The van der Waals surface area contributed by atoms with Crippen molar-refractivity contribution >= 4 is 17.2 Å². The number of rotatable bonds is 1. The van der Waals surface area contributed by atoms with Gasteiger partial charge in [0.2, 0.25) is 0 Å². The number of hydrogen-bond donors (Lipinski definition) is 0. The van der Waals surface area contributed by atoms with E-state index in [1.807, 2.05) is 0 Å². The van der Waals surface area contributed by atoms with Crippen LogP contribution in [0.3, 0.4) is 0 Å². The maximum atomic E-state index is 12.2. The van der Waals surface area contributed by atoms with Crippen LogP contribution in [0.15, 0.2) is 6.07 Å². The molecule has 0 saturated carbocycles. The molecule has 0 aromatic carbocycles. The molecule has 1 aliphatic carbocycles. The molecule has 2 heterocycles. The Hall–Kier alpha value is -0.870. The van der Waals surface area contributed by atoms with E-state index >= 15 is 0 Å². The normalized spacial score (nSPS) is 20.1. The van der Waals surface area contributed by atoms with Gasteiger partial charge in [0.1, 0.15) is 0 Å². The lowest BCUT2D eigenvalue weighted by Gasteiger charge is -2.11. The summed E-state index contributed by atoms with van der Waals surface area (Å²) in [5.74, 6) is 0.0561. The molecule has 1 amide bonds. The fraction of sp³-hybridized carbons (Fsp3) is 0.615. The highest BCUT2D eigenvalue weighted by Gasteiger charge is 2.24. The minimum atomic E-state index is 0.0561. The summed E-state index contributed by atoms with van der Waals surface area (Å²) < 4.78 is 0. The van der Waals surface area contributed by atoms with Crippen LogP contribution in [0, 0.1) is 0 Å². The number of thiophene rings is 1. The third-order valence-corrected chi connectivity index (χ3v) is 4.66. The molecule has 1 aromatic rings. The monoisotopic (exact) mass is 251 g/mol. The standard InChI is InChI=1S/C13H17NO2S/c15-13(14-7-4-8-16-14)12-9-10-5-2-1-3-6-11(10)17-12/h9H,1-8H2. The molecule has 0 N–H and O–H groups in total. The van der Waals surface area contributed by atoms with Gasteiger partial charge in [-0.05, 0) is 43.7 Å². The number of nitrogens with zero attached hydrogens (tertiary/aromatic N) is 1. The highest BCUT2D eigenvalue weighted by molar-refractivity contribution is 7.14. The maximum absolute atomic E-state index is 12.2. The van der Waals surface area contributed by atoms with Gasteiger partial charge in [-0.1, -0.05) is 6.42 Å². The quantitative estimate of drug-likeness (QED) is 0.718. The smallest absolute Gasteiger partial charge is 0.271 e. The highest BCUT2D eigenvalue weighted by atomic mass is 32.1. The number of amides is 1. The summed E-state index contributed by atoms with van der Waals surface area (Å²) in [5, 5.41) is 1.52. The van der Waals surface area contributed by atoms with E-state index in [-0.39, 0.29) is 5.91 Å². The first-order valence-corrected chi connectivity index (χ1v) is 7.22. The van der Waals surface area contributed by atoms with E-state index in [9.17, 15) is 4.79 Å². The summed E-state index contributed by atoms with van der Waals surface area (Å²) >= 11 is 1.67. The van der Waals surface area contributed by atoms with E-state index < -0.39 is 0 Å². The van der Waals surface area contributed by atoms with Gasteiger partial charge >= 0.3 is 0 Å². The lowest BCUT2D eigenvalue weighted by atomic mass is 10.1. The molecule has 0 unspecified atom stereocenters. The van der Waals surface area contributed by atoms with Crippen LogP contribution in [0.4, 0.5) is 0 Å². The number of hydroxylamine groups is 2. The Labute approximate surface area is 105 Å². The number of aryl methyl sites for hydroxylation is 2. The second-order valence-electron chi connectivity index (χ2n) is 4.71. The number of carbonyl (C=O) groups excluding carboxylic acids is 1. The van der Waals surface area contributed by atoms with E-state index in [2.05, 4.69) is 6.07 Å². The lowest BCUT2D eigenvalue weighted by molar-refractivity contribution is -0.0765. The first-order valence-electron chi connectivity index (χ1n) is 6.41. The fourth-order valence-corrected chi connectivity index (χ4v) is 3.70. The molecule has 0 atom stereocenters. The van der Waals surface area contributed by atoms with Crippen LogP contribution in [0.25, 0.3) is 0 Å². The molecule has 17 heavy (non-hydrogen) atoms. The van der Waals surface area contributed by atoms with Gasteiger partial charge in [-0.15, -0.1) is 11.3 Å². The average Bonchev–Trinajstić information content (AvgIpc) is 2.95. The van der Waals surface area contributed by atoms with Crippen molar-refractivity contribution in [3.05, 3.63) is 21.4 Å². The van der Waals surface area contributed by atoms with Gasteiger partial charge in [0, 0.05) is 4.88 Å². The van der Waals surface area contributed by atoms with Gasteiger partial charge in [0.15, 0.2) is 0 Å². The van der Waals surface area contributed by atoms with Crippen LogP contribution in [-0.2, 0) is 17.7 Å². The summed E-state index contributed by atoms with van der Waals surface area (Å²) in [6, 6.07) is 2.09. The Morgan fingerprint density at radius 2 is 2.12 bits per heavy atom. The number of hydrogen-bond acceptors (Lipinski definition) is 3. The summed E-state index contributed by atoms with van der Waals surface area (Å²) in [6.45, 7) is 1.41. The van der Waals surface area contributed by atoms with Crippen molar-refractivity contribution < 1.29 is 9.63 Å². The SMILES string of the molecule is O=C(c1cc2c(s1)CCCCC2)N1CCCO1. The van der Waals surface area contributed by atoms with E-state index in [4.69, 9.17) is 4.84 Å². The zero-order valence-corrected chi connectivity index (χ0v) is 10.7. The van der Waals surface area contributed by atoms with Crippen molar-refractivity contribution in [3.63, 3.8) is 0 Å². The van der Waals surface area contributed by atoms with Crippen LogP contribution < -0.4 is 0 Å². The molecule has 1 saturated heterocycles. The van der Waals surface area contributed by atoms with Crippen molar-refractivity contribution in [2.24, 2.45) is 0 Å². The largest absolute Gasteiger partial charge is 0.287 e. The van der Waals surface area contributed by atoms with Gasteiger partial charge in [-0.2, -0.15) is 0 Å². The molecule has 0 radical (unpaired) electrons. The predicted octanol–water partition coefficient (Wildman–Crippen LogP) is 2.79. The number of fused-ring (bicyclic) bond motifs is 1. The summed E-state index contributed by atoms with van der Waals surface area (Å²) in [5.41, 5.74) is 1.40. The third-order valence-electron chi connectivity index (χ3n) is 3.44. The second-order valence-corrected chi connectivity index (χ2v) is 5.85. The molecular weight excluding hydrogens is 234 g/mol. The first-order chi connectivity index (χ1) is 8.34. The van der Waals surface area contributed by atoms with Crippen LogP contribution in [0.5, 0.6) is 0 Å². The Morgan fingerprint density at radius 1 is 1.24 bits per heavy atom. The van der Waals surface area contributed by atoms with E-state index in [0.717, 1.165) is 30.7 Å². The molecule has 4 heteroatoms. The highest BCUT2D eigenvalue weighted by Crippen LogP contribution is 2.30. The number of carbonyl (C=O) groups is 1. The third kappa shape index (κ3) is 2.24. The van der Waals surface area contributed by atoms with Crippen molar-refractivity contribution in [1.82, 2.24) is 5.06 Å². The van der Waals surface area contributed by atoms with Crippen molar-refractivity contribution in [2.75, 3.05) is 13.2 Å². The molecule has 3 nitrogen and oxygen atoms in total. The van der Waals surface area contributed by atoms with E-state index in [0.29, 0.717) is 6.61 Å². The second kappa shape index (κ2) is 4.78. The van der Waals surface area contributed by atoms with Crippen LogP contribution >= 0.6 is 11.3 Å². The minimum Gasteiger partial charge on any atom is -0.271 e. The maximum Gasteiger partial charge on any atom is 0.287 e. The van der Waals surface area contributed by atoms with Crippen LogP contribution in [-0.4, -0.2) is 24.1 Å². The van der Waals surface area contributed by atoms with Crippen molar-refractivity contribution in [3.8, 4) is 0 Å². The van der Waals surface area contributed by atoms with E-state index in [1.165, 1.54) is 34.8 Å². The van der Waals surface area contributed by atoms with Crippen molar-refractivity contribution in [1.29, 1.82) is 0 Å². The molecule has 0 bridgehead atoms. The fourth-order valence-electron chi connectivity index (χ4n) is 2.50. The minimum absolute atomic E-state index is 0.0561. The first kappa shape index (κ1) is 11.2.